The van der Waals surface area contributed by atoms with Crippen LogP contribution in [0.3, 0.4) is 0 Å². The van der Waals surface area contributed by atoms with Gasteiger partial charge in [0.05, 0.1) is 6.54 Å². The van der Waals surface area contributed by atoms with Gasteiger partial charge in [-0.05, 0) is 29.8 Å². The largest absolute Gasteiger partial charge is 0.325 e. The molecule has 2 N–H and O–H groups in total. The molecule has 0 aliphatic heterocycles. The molecule has 20 heavy (non-hydrogen) atoms. The third-order valence-corrected chi connectivity index (χ3v) is 3.68. The molecule has 1 amide bonds. The molecule has 0 aliphatic carbocycles. The normalized spacial score (nSPS) is 10.3. The Morgan fingerprint density at radius 2 is 1.95 bits per heavy atom. The van der Waals surface area contributed by atoms with Gasteiger partial charge in [0.2, 0.25) is 5.91 Å². The number of anilines is 1. The Morgan fingerprint density at radius 1 is 1.15 bits per heavy atom. The molecule has 3 nitrogen and oxygen atoms in total. The van der Waals surface area contributed by atoms with Crippen molar-refractivity contribution >= 4 is 39.1 Å². The summed E-state index contributed by atoms with van der Waals surface area (Å²) in [5.41, 5.74) is 1.81. The van der Waals surface area contributed by atoms with Crippen molar-refractivity contribution in [3.05, 3.63) is 63.6 Å². The Labute approximate surface area is 131 Å². The van der Waals surface area contributed by atoms with E-state index in [4.69, 9.17) is 11.6 Å². The lowest BCUT2D eigenvalue weighted by Crippen LogP contribution is -2.27. The van der Waals surface area contributed by atoms with Crippen molar-refractivity contribution in [2.24, 2.45) is 0 Å². The lowest BCUT2D eigenvalue weighted by Gasteiger charge is -2.08. The Kier molecular flexibility index (Phi) is 5.59. The van der Waals surface area contributed by atoms with Gasteiger partial charge in [-0.15, -0.1) is 0 Å². The molecule has 2 aromatic carbocycles. The smallest absolute Gasteiger partial charge is 0.238 e. The van der Waals surface area contributed by atoms with Gasteiger partial charge >= 0.3 is 0 Å². The first-order chi connectivity index (χ1) is 9.65. The first-order valence-corrected chi connectivity index (χ1v) is 7.32. The van der Waals surface area contributed by atoms with Crippen LogP contribution in [0.25, 0.3) is 0 Å². The van der Waals surface area contributed by atoms with Crippen molar-refractivity contribution < 1.29 is 4.79 Å². The zero-order valence-electron chi connectivity index (χ0n) is 10.7. The fourth-order valence-corrected chi connectivity index (χ4v) is 2.34. The lowest BCUT2D eigenvalue weighted by atomic mass is 10.2. The molecule has 0 fully saturated rings. The molecule has 5 heteroatoms. The number of carbonyl (C=O) groups excluding carboxylic acids is 1. The molecule has 0 unspecified atom stereocenters. The Bertz CT molecular complexity index is 604. The van der Waals surface area contributed by atoms with Gasteiger partial charge in [-0.1, -0.05) is 51.8 Å². The van der Waals surface area contributed by atoms with Crippen LogP contribution in [-0.2, 0) is 11.3 Å². The maximum Gasteiger partial charge on any atom is 0.238 e. The van der Waals surface area contributed by atoms with Crippen LogP contribution < -0.4 is 10.6 Å². The molecule has 0 aromatic heterocycles. The minimum Gasteiger partial charge on any atom is -0.325 e. The van der Waals surface area contributed by atoms with Crippen LogP contribution >= 0.6 is 27.5 Å². The fourth-order valence-electron chi connectivity index (χ4n) is 1.72. The molecule has 104 valence electrons. The van der Waals surface area contributed by atoms with Crippen LogP contribution in [0.2, 0.25) is 5.02 Å². The number of amides is 1. The van der Waals surface area contributed by atoms with Crippen LogP contribution in [0.15, 0.2) is 53.0 Å². The van der Waals surface area contributed by atoms with E-state index >= 15 is 0 Å². The monoisotopic (exact) mass is 352 g/mol. The van der Waals surface area contributed by atoms with Gasteiger partial charge in [-0.2, -0.15) is 0 Å². The van der Waals surface area contributed by atoms with E-state index in [0.29, 0.717) is 17.3 Å². The van der Waals surface area contributed by atoms with Gasteiger partial charge in [0.15, 0.2) is 0 Å². The van der Waals surface area contributed by atoms with E-state index in [-0.39, 0.29) is 12.5 Å². The molecule has 0 saturated carbocycles. The maximum absolute atomic E-state index is 11.8. The maximum atomic E-state index is 11.8. The van der Waals surface area contributed by atoms with Gasteiger partial charge in [-0.3, -0.25) is 4.79 Å². The zero-order chi connectivity index (χ0) is 14.4. The number of nitrogens with one attached hydrogen (secondary N) is 2. The van der Waals surface area contributed by atoms with E-state index in [0.717, 1.165) is 10.0 Å². The molecular formula is C15H14BrClN2O. The molecule has 0 atom stereocenters. The molecule has 0 aliphatic rings. The lowest BCUT2D eigenvalue weighted by molar-refractivity contribution is -0.115. The fraction of sp³-hybridized carbons (Fsp3) is 0.133. The van der Waals surface area contributed by atoms with E-state index in [2.05, 4.69) is 26.6 Å². The first-order valence-electron chi connectivity index (χ1n) is 6.15. The van der Waals surface area contributed by atoms with E-state index < -0.39 is 0 Å². The van der Waals surface area contributed by atoms with Gasteiger partial charge in [0.1, 0.15) is 0 Å². The average molecular weight is 354 g/mol. The highest BCUT2D eigenvalue weighted by atomic mass is 79.9. The van der Waals surface area contributed by atoms with Crippen LogP contribution in [0.1, 0.15) is 5.56 Å². The van der Waals surface area contributed by atoms with E-state index in [9.17, 15) is 4.79 Å². The summed E-state index contributed by atoms with van der Waals surface area (Å²) in [6, 6.07) is 15.0. The van der Waals surface area contributed by atoms with Crippen LogP contribution in [0.4, 0.5) is 5.69 Å². The van der Waals surface area contributed by atoms with Crippen molar-refractivity contribution in [2.45, 2.75) is 6.54 Å². The highest BCUT2D eigenvalue weighted by Gasteiger charge is 2.03. The SMILES string of the molecule is O=C(CNCc1ccccc1Br)Nc1cccc(Cl)c1. The summed E-state index contributed by atoms with van der Waals surface area (Å²) in [4.78, 5) is 11.8. The van der Waals surface area contributed by atoms with Crippen molar-refractivity contribution in [3.8, 4) is 0 Å². The van der Waals surface area contributed by atoms with Crippen molar-refractivity contribution in [3.63, 3.8) is 0 Å². The molecule has 2 aromatic rings. The Balaban J connectivity index is 1.80. The zero-order valence-corrected chi connectivity index (χ0v) is 13.0. The quantitative estimate of drug-likeness (QED) is 0.857. The van der Waals surface area contributed by atoms with Crippen molar-refractivity contribution in [1.29, 1.82) is 0 Å². The number of benzene rings is 2. The minimum atomic E-state index is -0.0979. The van der Waals surface area contributed by atoms with Gasteiger partial charge in [-0.25, -0.2) is 0 Å². The molecule has 0 heterocycles. The van der Waals surface area contributed by atoms with Crippen LogP contribution in [0.5, 0.6) is 0 Å². The number of carbonyl (C=O) groups is 1. The third kappa shape index (κ3) is 4.63. The number of hydrogen-bond donors (Lipinski definition) is 2. The molecule has 2 rings (SSSR count). The Morgan fingerprint density at radius 3 is 2.70 bits per heavy atom. The second-order valence-corrected chi connectivity index (χ2v) is 5.54. The van der Waals surface area contributed by atoms with Gasteiger partial charge in [0, 0.05) is 21.7 Å². The first kappa shape index (κ1) is 15.0. The number of rotatable bonds is 5. The van der Waals surface area contributed by atoms with E-state index in [1.54, 1.807) is 24.3 Å². The predicted molar refractivity (Wildman–Crippen MR) is 85.9 cm³/mol. The Hall–Kier alpha value is -1.36. The van der Waals surface area contributed by atoms with E-state index in [1.165, 1.54) is 0 Å². The van der Waals surface area contributed by atoms with Gasteiger partial charge in [0.25, 0.3) is 0 Å². The standard InChI is InChI=1S/C15H14BrClN2O/c16-14-7-2-1-4-11(14)9-18-10-15(20)19-13-6-3-5-12(17)8-13/h1-8,18H,9-10H2,(H,19,20). The summed E-state index contributed by atoms with van der Waals surface area (Å²) in [5, 5.41) is 6.49. The summed E-state index contributed by atoms with van der Waals surface area (Å²) < 4.78 is 1.03. The third-order valence-electron chi connectivity index (χ3n) is 2.67. The average Bonchev–Trinajstić information content (AvgIpc) is 2.41. The highest BCUT2D eigenvalue weighted by molar-refractivity contribution is 9.10. The topological polar surface area (TPSA) is 41.1 Å². The van der Waals surface area contributed by atoms with Crippen LogP contribution in [0, 0.1) is 0 Å². The summed E-state index contributed by atoms with van der Waals surface area (Å²) in [6.07, 6.45) is 0. The summed E-state index contributed by atoms with van der Waals surface area (Å²) >= 11 is 9.33. The predicted octanol–water partition coefficient (Wildman–Crippen LogP) is 3.83. The summed E-state index contributed by atoms with van der Waals surface area (Å²) in [6.45, 7) is 0.873. The highest BCUT2D eigenvalue weighted by Crippen LogP contribution is 2.16. The number of halogens is 2. The summed E-state index contributed by atoms with van der Waals surface area (Å²) in [7, 11) is 0. The van der Waals surface area contributed by atoms with E-state index in [1.807, 2.05) is 24.3 Å². The second kappa shape index (κ2) is 7.43. The van der Waals surface area contributed by atoms with Crippen molar-refractivity contribution in [2.75, 3.05) is 11.9 Å². The molecule has 0 bridgehead atoms. The molecule has 0 radical (unpaired) electrons. The van der Waals surface area contributed by atoms with Crippen LogP contribution in [-0.4, -0.2) is 12.5 Å². The minimum absolute atomic E-state index is 0.0979. The molecular weight excluding hydrogens is 340 g/mol. The summed E-state index contributed by atoms with van der Waals surface area (Å²) in [5.74, 6) is -0.0979. The van der Waals surface area contributed by atoms with Gasteiger partial charge < -0.3 is 10.6 Å². The van der Waals surface area contributed by atoms with Crippen molar-refractivity contribution in [1.82, 2.24) is 5.32 Å². The number of hydrogen-bond acceptors (Lipinski definition) is 2. The molecule has 0 spiro atoms. The molecule has 0 saturated heterocycles. The second-order valence-electron chi connectivity index (χ2n) is 4.25.